The molecule has 1 atom stereocenters. The number of aryl methyl sites for hydroxylation is 2. The van der Waals surface area contributed by atoms with Crippen molar-refractivity contribution < 1.29 is 4.79 Å². The first-order chi connectivity index (χ1) is 8.68. The normalized spacial score (nSPS) is 23.9. The minimum Gasteiger partial charge on any atom is -0.316 e. The van der Waals surface area contributed by atoms with E-state index in [1.54, 1.807) is 0 Å². The molecule has 0 bridgehead atoms. The number of hydrogen-bond acceptors (Lipinski definition) is 2. The lowest BCUT2D eigenvalue weighted by molar-refractivity contribution is -0.108. The lowest BCUT2D eigenvalue weighted by Crippen LogP contribution is -2.43. The summed E-state index contributed by atoms with van der Waals surface area (Å²) in [6.45, 7) is 6.43. The van der Waals surface area contributed by atoms with Gasteiger partial charge in [0.05, 0.1) is 0 Å². The summed E-state index contributed by atoms with van der Waals surface area (Å²) in [7, 11) is 0. The largest absolute Gasteiger partial charge is 0.316 e. The van der Waals surface area contributed by atoms with Gasteiger partial charge in [-0.05, 0) is 56.3 Å². The first-order valence-electron chi connectivity index (χ1n) is 6.90. The standard InChI is InChI=1S/C16H23NO/c1-13-5-6-15(11-14(13)2)16(8-4-10-18)7-3-9-17-12-16/h5-6,10-11,17H,3-4,7-9,12H2,1-2H3. The molecule has 18 heavy (non-hydrogen) atoms. The molecule has 0 spiro atoms. The van der Waals surface area contributed by atoms with Crippen LogP contribution in [0.1, 0.15) is 42.4 Å². The summed E-state index contributed by atoms with van der Waals surface area (Å²) < 4.78 is 0. The van der Waals surface area contributed by atoms with Gasteiger partial charge in [0.25, 0.3) is 0 Å². The average Bonchev–Trinajstić information content (AvgIpc) is 2.40. The van der Waals surface area contributed by atoms with Gasteiger partial charge in [-0.15, -0.1) is 0 Å². The fourth-order valence-electron chi connectivity index (χ4n) is 2.98. The van der Waals surface area contributed by atoms with E-state index in [0.717, 1.165) is 25.8 Å². The predicted octanol–water partition coefficient (Wildman–Crippen LogP) is 2.90. The van der Waals surface area contributed by atoms with Crippen LogP contribution in [0.25, 0.3) is 0 Å². The molecule has 2 heteroatoms. The molecule has 1 aromatic rings. The molecule has 1 aliphatic rings. The minimum atomic E-state index is 0.164. The van der Waals surface area contributed by atoms with E-state index in [-0.39, 0.29) is 5.41 Å². The van der Waals surface area contributed by atoms with Gasteiger partial charge < -0.3 is 10.1 Å². The summed E-state index contributed by atoms with van der Waals surface area (Å²) in [5.74, 6) is 0. The summed E-state index contributed by atoms with van der Waals surface area (Å²) >= 11 is 0. The van der Waals surface area contributed by atoms with Gasteiger partial charge in [0.2, 0.25) is 0 Å². The van der Waals surface area contributed by atoms with Crippen molar-refractivity contribution in [1.29, 1.82) is 0 Å². The number of aldehydes is 1. The van der Waals surface area contributed by atoms with E-state index in [0.29, 0.717) is 6.42 Å². The van der Waals surface area contributed by atoms with Crippen molar-refractivity contribution in [1.82, 2.24) is 5.32 Å². The zero-order valence-electron chi connectivity index (χ0n) is 11.5. The molecule has 1 unspecified atom stereocenters. The molecule has 1 fully saturated rings. The smallest absolute Gasteiger partial charge is 0.120 e. The van der Waals surface area contributed by atoms with E-state index in [9.17, 15) is 4.79 Å². The second kappa shape index (κ2) is 5.66. The average molecular weight is 245 g/mol. The Bertz CT molecular complexity index is 419. The summed E-state index contributed by atoms with van der Waals surface area (Å²) in [6.07, 6.45) is 5.07. The van der Waals surface area contributed by atoms with Gasteiger partial charge in [-0.25, -0.2) is 0 Å². The van der Waals surface area contributed by atoms with Crippen LogP contribution in [0.3, 0.4) is 0 Å². The summed E-state index contributed by atoms with van der Waals surface area (Å²) in [6, 6.07) is 6.77. The fraction of sp³-hybridized carbons (Fsp3) is 0.562. The number of benzene rings is 1. The maximum atomic E-state index is 10.7. The van der Waals surface area contributed by atoms with Crippen molar-refractivity contribution in [2.45, 2.75) is 44.9 Å². The fourth-order valence-corrected chi connectivity index (χ4v) is 2.98. The van der Waals surface area contributed by atoms with E-state index in [1.807, 2.05) is 0 Å². The van der Waals surface area contributed by atoms with Crippen LogP contribution in [0.2, 0.25) is 0 Å². The Labute approximate surface area is 110 Å². The predicted molar refractivity (Wildman–Crippen MR) is 75.0 cm³/mol. The van der Waals surface area contributed by atoms with E-state index < -0.39 is 0 Å². The lowest BCUT2D eigenvalue weighted by atomic mass is 9.71. The van der Waals surface area contributed by atoms with E-state index in [2.05, 4.69) is 37.4 Å². The maximum Gasteiger partial charge on any atom is 0.120 e. The monoisotopic (exact) mass is 245 g/mol. The van der Waals surface area contributed by atoms with Gasteiger partial charge in [-0.1, -0.05) is 18.2 Å². The van der Waals surface area contributed by atoms with E-state index in [4.69, 9.17) is 0 Å². The van der Waals surface area contributed by atoms with Crippen molar-refractivity contribution in [3.63, 3.8) is 0 Å². The first-order valence-corrected chi connectivity index (χ1v) is 6.90. The molecular formula is C16H23NO. The maximum absolute atomic E-state index is 10.7. The highest BCUT2D eigenvalue weighted by molar-refractivity contribution is 5.50. The quantitative estimate of drug-likeness (QED) is 0.826. The van der Waals surface area contributed by atoms with Crippen LogP contribution in [0.4, 0.5) is 0 Å². The molecule has 0 aromatic heterocycles. The summed E-state index contributed by atoms with van der Waals surface area (Å²) in [5, 5.41) is 3.50. The highest BCUT2D eigenvalue weighted by Gasteiger charge is 2.33. The number of nitrogens with one attached hydrogen (secondary N) is 1. The van der Waals surface area contributed by atoms with Crippen LogP contribution in [-0.4, -0.2) is 19.4 Å². The molecule has 1 aromatic carbocycles. The van der Waals surface area contributed by atoms with Gasteiger partial charge >= 0.3 is 0 Å². The van der Waals surface area contributed by atoms with Crippen molar-refractivity contribution in [3.8, 4) is 0 Å². The molecule has 0 radical (unpaired) electrons. The molecule has 1 heterocycles. The topological polar surface area (TPSA) is 29.1 Å². The molecule has 1 aliphatic heterocycles. The zero-order valence-corrected chi connectivity index (χ0v) is 11.5. The lowest BCUT2D eigenvalue weighted by Gasteiger charge is -2.38. The van der Waals surface area contributed by atoms with Gasteiger partial charge in [0.15, 0.2) is 0 Å². The molecule has 1 N–H and O–H groups in total. The number of carbonyl (C=O) groups is 1. The Morgan fingerprint density at radius 1 is 1.33 bits per heavy atom. The van der Waals surface area contributed by atoms with E-state index >= 15 is 0 Å². The highest BCUT2D eigenvalue weighted by Crippen LogP contribution is 2.36. The molecule has 0 saturated carbocycles. The third-order valence-electron chi connectivity index (χ3n) is 4.33. The summed E-state index contributed by atoms with van der Waals surface area (Å²) in [5.41, 5.74) is 4.26. The molecule has 98 valence electrons. The van der Waals surface area contributed by atoms with Gasteiger partial charge in [0.1, 0.15) is 6.29 Å². The first kappa shape index (κ1) is 13.3. The third kappa shape index (κ3) is 2.64. The van der Waals surface area contributed by atoms with Gasteiger partial charge in [-0.3, -0.25) is 0 Å². The van der Waals surface area contributed by atoms with Crippen molar-refractivity contribution >= 4 is 6.29 Å². The van der Waals surface area contributed by atoms with Gasteiger partial charge in [-0.2, -0.15) is 0 Å². The van der Waals surface area contributed by atoms with Crippen molar-refractivity contribution in [3.05, 3.63) is 34.9 Å². The SMILES string of the molecule is Cc1ccc(C2(CCC=O)CCCNC2)cc1C. The summed E-state index contributed by atoms with van der Waals surface area (Å²) in [4.78, 5) is 10.7. The minimum absolute atomic E-state index is 0.164. The molecule has 1 saturated heterocycles. The Kier molecular flexibility index (Phi) is 4.18. The van der Waals surface area contributed by atoms with Crippen LogP contribution in [0.15, 0.2) is 18.2 Å². The van der Waals surface area contributed by atoms with Crippen LogP contribution >= 0.6 is 0 Å². The Hall–Kier alpha value is -1.15. The number of carbonyl (C=O) groups excluding carboxylic acids is 1. The highest BCUT2D eigenvalue weighted by atomic mass is 16.1. The van der Waals surface area contributed by atoms with Gasteiger partial charge in [0, 0.05) is 18.4 Å². The third-order valence-corrected chi connectivity index (χ3v) is 4.33. The number of rotatable bonds is 4. The Balaban J connectivity index is 2.31. The van der Waals surface area contributed by atoms with Crippen molar-refractivity contribution in [2.75, 3.05) is 13.1 Å². The zero-order chi connectivity index (χ0) is 13.0. The second-order valence-corrected chi connectivity index (χ2v) is 5.57. The van der Waals surface area contributed by atoms with Crippen LogP contribution in [-0.2, 0) is 10.2 Å². The Morgan fingerprint density at radius 2 is 2.17 bits per heavy atom. The molecular weight excluding hydrogens is 222 g/mol. The number of hydrogen-bond donors (Lipinski definition) is 1. The van der Waals surface area contributed by atoms with Crippen LogP contribution < -0.4 is 5.32 Å². The van der Waals surface area contributed by atoms with E-state index in [1.165, 1.54) is 29.5 Å². The second-order valence-electron chi connectivity index (χ2n) is 5.57. The molecule has 2 rings (SSSR count). The van der Waals surface area contributed by atoms with Crippen LogP contribution in [0.5, 0.6) is 0 Å². The van der Waals surface area contributed by atoms with Crippen molar-refractivity contribution in [2.24, 2.45) is 0 Å². The van der Waals surface area contributed by atoms with Crippen LogP contribution in [0, 0.1) is 13.8 Å². The molecule has 0 amide bonds. The molecule has 2 nitrogen and oxygen atoms in total. The Morgan fingerprint density at radius 3 is 2.78 bits per heavy atom. The molecule has 0 aliphatic carbocycles. The number of piperidine rings is 1.